The van der Waals surface area contributed by atoms with E-state index in [0.29, 0.717) is 19.5 Å². The Kier molecular flexibility index (Phi) is 5.73. The Balaban J connectivity index is 1.45. The molecule has 7 heteroatoms. The maximum Gasteiger partial charge on any atom is 0.308 e. The van der Waals surface area contributed by atoms with Gasteiger partial charge in [0.05, 0.1) is 16.5 Å². The first-order valence-electron chi connectivity index (χ1n) is 10.7. The highest BCUT2D eigenvalue weighted by molar-refractivity contribution is 7.17. The Labute approximate surface area is 190 Å². The number of aliphatic imine (C=N–C) groups is 1. The molecular weight excluding hydrogens is 422 g/mol. The van der Waals surface area contributed by atoms with Crippen molar-refractivity contribution in [2.24, 2.45) is 10.9 Å². The van der Waals surface area contributed by atoms with E-state index in [-0.39, 0.29) is 5.92 Å². The summed E-state index contributed by atoms with van der Waals surface area (Å²) < 4.78 is 5.92. The molecule has 1 fully saturated rings. The van der Waals surface area contributed by atoms with Crippen molar-refractivity contribution in [1.82, 2.24) is 4.98 Å². The normalized spacial score (nSPS) is 17.9. The second-order valence-corrected chi connectivity index (χ2v) is 8.84. The SMILES string of the molecule is O=C(O)C1CCN(c2nc(-c3ccc(Oc4ccccc4)cc3)c(C3=CCCN=C3)s2)C1. The van der Waals surface area contributed by atoms with E-state index in [4.69, 9.17) is 9.72 Å². The van der Waals surface area contributed by atoms with Gasteiger partial charge in [0.25, 0.3) is 0 Å². The predicted octanol–water partition coefficient (Wildman–Crippen LogP) is 5.37. The number of aromatic nitrogens is 1. The number of allylic oxidation sites excluding steroid dienone is 1. The molecule has 32 heavy (non-hydrogen) atoms. The third kappa shape index (κ3) is 4.29. The van der Waals surface area contributed by atoms with E-state index in [1.54, 1.807) is 11.3 Å². The molecule has 1 atom stereocenters. The average Bonchev–Trinajstić information content (AvgIpc) is 3.49. The molecule has 0 saturated carbocycles. The van der Waals surface area contributed by atoms with Crippen LogP contribution < -0.4 is 9.64 Å². The van der Waals surface area contributed by atoms with E-state index in [2.05, 4.69) is 16.0 Å². The van der Waals surface area contributed by atoms with E-state index in [9.17, 15) is 9.90 Å². The van der Waals surface area contributed by atoms with Crippen LogP contribution in [-0.2, 0) is 4.79 Å². The van der Waals surface area contributed by atoms with Crippen molar-refractivity contribution >= 4 is 34.2 Å². The van der Waals surface area contributed by atoms with Crippen LogP contribution in [-0.4, -0.2) is 41.9 Å². The van der Waals surface area contributed by atoms with E-state index in [1.807, 2.05) is 60.8 Å². The van der Waals surface area contributed by atoms with Crippen molar-refractivity contribution in [3.05, 3.63) is 65.6 Å². The summed E-state index contributed by atoms with van der Waals surface area (Å²) in [4.78, 5) is 24.0. The highest BCUT2D eigenvalue weighted by Crippen LogP contribution is 2.40. The molecule has 0 spiro atoms. The van der Waals surface area contributed by atoms with Gasteiger partial charge in [0.1, 0.15) is 11.5 Å². The fourth-order valence-electron chi connectivity index (χ4n) is 3.94. The van der Waals surface area contributed by atoms with Gasteiger partial charge in [-0.1, -0.05) is 35.6 Å². The summed E-state index contributed by atoms with van der Waals surface area (Å²) in [6.45, 7) is 2.02. The van der Waals surface area contributed by atoms with Gasteiger partial charge in [-0.15, -0.1) is 0 Å². The summed E-state index contributed by atoms with van der Waals surface area (Å²) in [6, 6.07) is 17.6. The summed E-state index contributed by atoms with van der Waals surface area (Å²) in [5.74, 6) is 0.484. The number of hydrogen-bond donors (Lipinski definition) is 1. The summed E-state index contributed by atoms with van der Waals surface area (Å²) in [7, 11) is 0. The molecule has 0 aliphatic carbocycles. The molecule has 6 nitrogen and oxygen atoms in total. The minimum absolute atomic E-state index is 0.337. The molecule has 0 amide bonds. The number of benzene rings is 2. The number of carboxylic acid groups (broad SMARTS) is 1. The molecule has 0 radical (unpaired) electrons. The lowest BCUT2D eigenvalue weighted by atomic mass is 10.1. The first-order valence-corrected chi connectivity index (χ1v) is 11.5. The van der Waals surface area contributed by atoms with Gasteiger partial charge in [0, 0.05) is 37.0 Å². The highest BCUT2D eigenvalue weighted by atomic mass is 32.1. The second-order valence-electron chi connectivity index (χ2n) is 7.87. The van der Waals surface area contributed by atoms with E-state index >= 15 is 0 Å². The molecule has 0 bridgehead atoms. The van der Waals surface area contributed by atoms with Crippen LogP contribution in [0.1, 0.15) is 17.7 Å². The van der Waals surface area contributed by atoms with Gasteiger partial charge in [-0.25, -0.2) is 4.98 Å². The smallest absolute Gasteiger partial charge is 0.308 e. The van der Waals surface area contributed by atoms with Crippen molar-refractivity contribution in [2.45, 2.75) is 12.8 Å². The second kappa shape index (κ2) is 8.96. The van der Waals surface area contributed by atoms with Crippen LogP contribution in [0.2, 0.25) is 0 Å². The van der Waals surface area contributed by atoms with Gasteiger partial charge < -0.3 is 14.7 Å². The van der Waals surface area contributed by atoms with Crippen LogP contribution in [0.15, 0.2) is 65.7 Å². The van der Waals surface area contributed by atoms with Gasteiger partial charge in [-0.2, -0.15) is 0 Å². The first-order chi connectivity index (χ1) is 15.7. The zero-order valence-corrected chi connectivity index (χ0v) is 18.3. The Hall–Kier alpha value is -3.45. The minimum Gasteiger partial charge on any atom is -0.481 e. The number of nitrogens with zero attached hydrogens (tertiary/aromatic N) is 3. The zero-order valence-electron chi connectivity index (χ0n) is 17.5. The number of aliphatic carboxylic acids is 1. The lowest BCUT2D eigenvalue weighted by Crippen LogP contribution is -2.22. The lowest BCUT2D eigenvalue weighted by molar-refractivity contribution is -0.140. The molecule has 2 aromatic carbocycles. The molecule has 1 aromatic heterocycles. The number of dihydropyridines is 1. The molecular formula is C25H23N3O3S. The number of carbonyl (C=O) groups is 1. The molecule has 5 rings (SSSR count). The van der Waals surface area contributed by atoms with E-state index in [0.717, 1.165) is 51.3 Å². The minimum atomic E-state index is -0.736. The van der Waals surface area contributed by atoms with Crippen molar-refractivity contribution < 1.29 is 14.6 Å². The van der Waals surface area contributed by atoms with Crippen LogP contribution >= 0.6 is 11.3 Å². The van der Waals surface area contributed by atoms with Gasteiger partial charge >= 0.3 is 5.97 Å². The van der Waals surface area contributed by atoms with Crippen molar-refractivity contribution in [2.75, 3.05) is 24.5 Å². The highest BCUT2D eigenvalue weighted by Gasteiger charge is 2.30. The number of thiazole rings is 1. The number of carboxylic acids is 1. The molecule has 1 saturated heterocycles. The summed E-state index contributed by atoms with van der Waals surface area (Å²) in [5, 5.41) is 10.2. The topological polar surface area (TPSA) is 75.0 Å². The Bertz CT molecular complexity index is 1170. The molecule has 2 aliphatic heterocycles. The zero-order chi connectivity index (χ0) is 21.9. The van der Waals surface area contributed by atoms with Crippen molar-refractivity contribution in [1.29, 1.82) is 0 Å². The quantitative estimate of drug-likeness (QED) is 0.552. The Morgan fingerprint density at radius 1 is 1.09 bits per heavy atom. The van der Waals surface area contributed by atoms with Gasteiger partial charge in [-0.05, 0) is 49.2 Å². The molecule has 1 unspecified atom stereocenters. The monoisotopic (exact) mass is 445 g/mol. The van der Waals surface area contributed by atoms with E-state index < -0.39 is 5.97 Å². The van der Waals surface area contributed by atoms with Crippen LogP contribution in [0.3, 0.4) is 0 Å². The maximum atomic E-state index is 11.4. The van der Waals surface area contributed by atoms with Crippen LogP contribution in [0, 0.1) is 5.92 Å². The summed E-state index contributed by atoms with van der Waals surface area (Å²) >= 11 is 1.61. The van der Waals surface area contributed by atoms with Crippen LogP contribution in [0.4, 0.5) is 5.13 Å². The third-order valence-electron chi connectivity index (χ3n) is 5.65. The Morgan fingerprint density at radius 2 is 1.88 bits per heavy atom. The van der Waals surface area contributed by atoms with E-state index in [1.165, 1.54) is 0 Å². The van der Waals surface area contributed by atoms with Crippen LogP contribution in [0.25, 0.3) is 16.8 Å². The third-order valence-corrected chi connectivity index (χ3v) is 6.81. The lowest BCUT2D eigenvalue weighted by Gasteiger charge is -2.13. The first kappa shape index (κ1) is 20.5. The largest absolute Gasteiger partial charge is 0.481 e. The van der Waals surface area contributed by atoms with Crippen LogP contribution in [0.5, 0.6) is 11.5 Å². The predicted molar refractivity (Wildman–Crippen MR) is 128 cm³/mol. The molecule has 2 aliphatic rings. The molecule has 3 heterocycles. The summed E-state index contributed by atoms with van der Waals surface area (Å²) in [5.41, 5.74) is 2.97. The van der Waals surface area contributed by atoms with Crippen molar-refractivity contribution in [3.8, 4) is 22.8 Å². The Morgan fingerprint density at radius 3 is 2.56 bits per heavy atom. The number of anilines is 1. The summed E-state index contributed by atoms with van der Waals surface area (Å²) in [6.07, 6.45) is 5.67. The fraction of sp³-hybridized carbons (Fsp3) is 0.240. The van der Waals surface area contributed by atoms with Gasteiger partial charge in [-0.3, -0.25) is 9.79 Å². The van der Waals surface area contributed by atoms with Gasteiger partial charge in [0.15, 0.2) is 5.13 Å². The number of rotatable bonds is 6. The number of hydrogen-bond acceptors (Lipinski definition) is 6. The number of ether oxygens (including phenoxy) is 1. The average molecular weight is 446 g/mol. The van der Waals surface area contributed by atoms with Crippen molar-refractivity contribution in [3.63, 3.8) is 0 Å². The molecule has 1 N–H and O–H groups in total. The maximum absolute atomic E-state index is 11.4. The molecule has 162 valence electrons. The molecule has 3 aromatic rings. The number of para-hydroxylation sites is 1. The standard InChI is InChI=1S/C25H23N3O3S/c29-24(30)19-12-14-28(16-19)25-27-22(23(32-25)18-5-4-13-26-15-18)17-8-10-21(11-9-17)31-20-6-2-1-3-7-20/h1-3,5-11,15,19H,4,12-14,16H2,(H,29,30). The van der Waals surface area contributed by atoms with Gasteiger partial charge in [0.2, 0.25) is 0 Å². The fourth-order valence-corrected chi connectivity index (χ4v) is 5.07.